The van der Waals surface area contributed by atoms with Gasteiger partial charge in [-0.25, -0.2) is 0 Å². The number of aromatic hydroxyl groups is 1. The molecule has 6 rings (SSSR count). The van der Waals surface area contributed by atoms with Crippen LogP contribution in [0.2, 0.25) is 0 Å². The zero-order valence-electron chi connectivity index (χ0n) is 23.6. The molecule has 4 atom stereocenters. The van der Waals surface area contributed by atoms with Crippen LogP contribution in [-0.2, 0) is 19.2 Å². The highest BCUT2D eigenvalue weighted by Gasteiger charge is 2.57. The van der Waals surface area contributed by atoms with Crippen molar-refractivity contribution in [1.82, 2.24) is 4.90 Å². The Morgan fingerprint density at radius 1 is 0.951 bits per heavy atom. The zero-order valence-corrected chi connectivity index (χ0v) is 23.6. The Morgan fingerprint density at radius 2 is 1.63 bits per heavy atom. The molecule has 0 spiro atoms. The smallest absolute Gasteiger partial charge is 0.233 e. The number of Topliss-reactive ketones (excluding diaryl/α,β-unsaturated/α-hetero) is 1. The van der Waals surface area contributed by atoms with Crippen LogP contribution in [0.5, 0.6) is 17.2 Å². The SMILES string of the molecule is COc1cc(C=CC2C3=CCC4C(=O)N(C5CCCCC5)C(=O)C4C3CC3=C2C(=O)C=C(C)C3=O)cc(OC)c1O. The number of benzene rings is 1. The number of carbonyl (C=O) groups is 4. The molecule has 1 N–H and O–H groups in total. The fourth-order valence-electron chi connectivity index (χ4n) is 7.60. The van der Waals surface area contributed by atoms with Crippen LogP contribution in [0.15, 0.2) is 52.7 Å². The molecule has 2 amide bonds. The van der Waals surface area contributed by atoms with E-state index < -0.39 is 17.8 Å². The molecule has 1 saturated heterocycles. The minimum Gasteiger partial charge on any atom is -0.502 e. The van der Waals surface area contributed by atoms with Gasteiger partial charge in [0, 0.05) is 28.7 Å². The highest BCUT2D eigenvalue weighted by molar-refractivity contribution is 6.23. The maximum absolute atomic E-state index is 14.0. The number of phenols is 1. The van der Waals surface area contributed by atoms with Gasteiger partial charge in [-0.3, -0.25) is 24.1 Å². The Labute approximate surface area is 239 Å². The first kappa shape index (κ1) is 27.2. The summed E-state index contributed by atoms with van der Waals surface area (Å²) in [4.78, 5) is 55.9. The van der Waals surface area contributed by atoms with Crippen molar-refractivity contribution in [2.24, 2.45) is 23.7 Å². The zero-order chi connectivity index (χ0) is 29.0. The summed E-state index contributed by atoms with van der Waals surface area (Å²) >= 11 is 0. The molecular formula is C33H35NO7. The minimum atomic E-state index is -0.530. The summed E-state index contributed by atoms with van der Waals surface area (Å²) in [7, 11) is 2.90. The number of nitrogens with zero attached hydrogens (tertiary/aromatic N) is 1. The van der Waals surface area contributed by atoms with E-state index in [1.54, 1.807) is 24.0 Å². The van der Waals surface area contributed by atoms with Crippen LogP contribution in [0, 0.1) is 23.7 Å². The van der Waals surface area contributed by atoms with E-state index in [1.807, 2.05) is 18.2 Å². The summed E-state index contributed by atoms with van der Waals surface area (Å²) < 4.78 is 10.6. The predicted molar refractivity (Wildman–Crippen MR) is 151 cm³/mol. The molecule has 4 unspecified atom stereocenters. The van der Waals surface area contributed by atoms with Gasteiger partial charge in [0.1, 0.15) is 0 Å². The van der Waals surface area contributed by atoms with Gasteiger partial charge in [-0.2, -0.15) is 0 Å². The number of allylic oxidation sites excluding steroid dienone is 7. The predicted octanol–water partition coefficient (Wildman–Crippen LogP) is 4.72. The van der Waals surface area contributed by atoms with Crippen molar-refractivity contribution >= 4 is 29.5 Å². The van der Waals surface area contributed by atoms with Gasteiger partial charge < -0.3 is 14.6 Å². The summed E-state index contributed by atoms with van der Waals surface area (Å²) in [6.45, 7) is 1.65. The van der Waals surface area contributed by atoms with Gasteiger partial charge in [0.05, 0.1) is 26.1 Å². The molecule has 2 fully saturated rings. The molecule has 0 bridgehead atoms. The third kappa shape index (κ3) is 4.35. The number of hydrogen-bond donors (Lipinski definition) is 1. The minimum absolute atomic E-state index is 0.0469. The second-order valence-corrected chi connectivity index (χ2v) is 11.7. The summed E-state index contributed by atoms with van der Waals surface area (Å²) in [6, 6.07) is 3.28. The second-order valence-electron chi connectivity index (χ2n) is 11.7. The molecular weight excluding hydrogens is 522 g/mol. The average molecular weight is 558 g/mol. The molecule has 1 aliphatic heterocycles. The Bertz CT molecular complexity index is 1450. The monoisotopic (exact) mass is 557 g/mol. The van der Waals surface area contributed by atoms with Crippen LogP contribution in [-0.4, -0.2) is 53.6 Å². The van der Waals surface area contributed by atoms with Gasteiger partial charge in [-0.05, 0) is 62.3 Å². The molecule has 5 aliphatic rings. The first-order valence-electron chi connectivity index (χ1n) is 14.5. The maximum Gasteiger partial charge on any atom is 0.233 e. The summed E-state index contributed by atoms with van der Waals surface area (Å²) in [5.74, 6) is -2.03. The van der Waals surface area contributed by atoms with Gasteiger partial charge >= 0.3 is 0 Å². The van der Waals surface area contributed by atoms with Crippen molar-refractivity contribution in [2.45, 2.75) is 57.9 Å². The Kier molecular flexibility index (Phi) is 6.96. The van der Waals surface area contributed by atoms with E-state index in [0.29, 0.717) is 28.7 Å². The van der Waals surface area contributed by atoms with Crippen LogP contribution in [0.3, 0.4) is 0 Å². The van der Waals surface area contributed by atoms with E-state index >= 15 is 0 Å². The van der Waals surface area contributed by atoms with Crippen molar-refractivity contribution in [2.75, 3.05) is 14.2 Å². The molecule has 4 aliphatic carbocycles. The summed E-state index contributed by atoms with van der Waals surface area (Å²) in [6.07, 6.45) is 12.7. The van der Waals surface area contributed by atoms with E-state index in [9.17, 15) is 24.3 Å². The number of methoxy groups -OCH3 is 2. The van der Waals surface area contributed by atoms with Gasteiger partial charge in [-0.1, -0.05) is 43.1 Å². The molecule has 1 aromatic rings. The van der Waals surface area contributed by atoms with Gasteiger partial charge in [0.15, 0.2) is 23.1 Å². The molecule has 0 aromatic heterocycles. The van der Waals surface area contributed by atoms with Crippen molar-refractivity contribution < 1.29 is 33.8 Å². The first-order valence-corrected chi connectivity index (χ1v) is 14.5. The van der Waals surface area contributed by atoms with Gasteiger partial charge in [0.25, 0.3) is 0 Å². The van der Waals surface area contributed by atoms with E-state index in [1.165, 1.54) is 20.3 Å². The first-order chi connectivity index (χ1) is 19.7. The number of rotatable bonds is 5. The van der Waals surface area contributed by atoms with Crippen molar-refractivity contribution in [1.29, 1.82) is 0 Å². The van der Waals surface area contributed by atoms with Crippen LogP contribution in [0.4, 0.5) is 0 Å². The number of hydrogen-bond acceptors (Lipinski definition) is 7. The second kappa shape index (κ2) is 10.5. The number of ether oxygens (including phenoxy) is 2. The van der Waals surface area contributed by atoms with Crippen LogP contribution >= 0.6 is 0 Å². The Hall–Kier alpha value is -3.94. The number of carbonyl (C=O) groups excluding carboxylic acids is 4. The van der Waals surface area contributed by atoms with E-state index in [4.69, 9.17) is 9.47 Å². The lowest BCUT2D eigenvalue weighted by molar-refractivity contribution is -0.143. The quantitative estimate of drug-likeness (QED) is 0.317. The van der Waals surface area contributed by atoms with Gasteiger partial charge in [-0.15, -0.1) is 0 Å². The fraction of sp³-hybridized carbons (Fsp3) is 0.455. The maximum atomic E-state index is 14.0. The molecule has 214 valence electrons. The Morgan fingerprint density at radius 3 is 2.29 bits per heavy atom. The normalized spacial score (nSPS) is 28.4. The van der Waals surface area contributed by atoms with Crippen molar-refractivity contribution in [3.8, 4) is 17.2 Å². The lowest BCUT2D eigenvalue weighted by Gasteiger charge is -2.41. The fourth-order valence-corrected chi connectivity index (χ4v) is 7.60. The highest BCUT2D eigenvalue weighted by Crippen LogP contribution is 2.53. The number of amides is 2. The van der Waals surface area contributed by atoms with Crippen LogP contribution in [0.1, 0.15) is 57.4 Å². The number of phenolic OH excluding ortho intramolecular Hbond substituents is 1. The lowest BCUT2D eigenvalue weighted by atomic mass is 9.60. The third-order valence-electron chi connectivity index (χ3n) is 9.57. The highest BCUT2D eigenvalue weighted by atomic mass is 16.5. The standard InChI is InChI=1S/C33H35NO7/c1-17-13-25(35)28-21(10-9-18-14-26(40-2)31(37)27(15-18)41-3)20-11-12-22-29(23(20)16-24(28)30(17)36)33(39)34(32(22)38)19-7-5-4-6-8-19/h9-11,13-15,19,21-23,29,37H,4-8,12,16H2,1-3H3. The molecule has 1 aromatic carbocycles. The largest absolute Gasteiger partial charge is 0.502 e. The number of likely N-dealkylation sites (tertiary alicyclic amines) is 1. The third-order valence-corrected chi connectivity index (χ3v) is 9.57. The number of fused-ring (bicyclic) bond motifs is 3. The lowest BCUT2D eigenvalue weighted by Crippen LogP contribution is -2.43. The van der Waals surface area contributed by atoms with E-state index in [2.05, 4.69) is 0 Å². The average Bonchev–Trinajstić information content (AvgIpc) is 3.24. The van der Waals surface area contributed by atoms with Crippen LogP contribution < -0.4 is 9.47 Å². The van der Waals surface area contributed by atoms with Crippen molar-refractivity contribution in [3.05, 3.63) is 58.2 Å². The molecule has 0 radical (unpaired) electrons. The number of ketones is 2. The van der Waals surface area contributed by atoms with E-state index in [-0.39, 0.29) is 59.0 Å². The molecule has 41 heavy (non-hydrogen) atoms. The topological polar surface area (TPSA) is 110 Å². The van der Waals surface area contributed by atoms with E-state index in [0.717, 1.165) is 37.7 Å². The van der Waals surface area contributed by atoms with Gasteiger partial charge in [0.2, 0.25) is 17.6 Å². The summed E-state index contributed by atoms with van der Waals surface area (Å²) in [5, 5.41) is 10.3. The Balaban J connectivity index is 1.41. The molecule has 8 nitrogen and oxygen atoms in total. The molecule has 1 heterocycles. The van der Waals surface area contributed by atoms with Crippen LogP contribution in [0.25, 0.3) is 6.08 Å². The summed E-state index contributed by atoms with van der Waals surface area (Å²) in [5.41, 5.74) is 2.87. The number of imide groups is 1. The molecule has 8 heteroatoms. The van der Waals surface area contributed by atoms with Crippen molar-refractivity contribution in [3.63, 3.8) is 0 Å². The molecule has 1 saturated carbocycles.